The van der Waals surface area contributed by atoms with Crippen LogP contribution in [0.3, 0.4) is 0 Å². The molecule has 0 radical (unpaired) electrons. The molecule has 3 aromatic rings. The molecule has 1 heterocycles. The number of amides is 2. The molecule has 1 fully saturated rings. The number of halogens is 1. The number of anilines is 3. The Balaban J connectivity index is 1.54. The average molecular weight is 535 g/mol. The van der Waals surface area contributed by atoms with Crippen LogP contribution in [0.2, 0.25) is 0 Å². The maximum Gasteiger partial charge on any atom is 0.253 e. The van der Waals surface area contributed by atoms with Gasteiger partial charge in [0.15, 0.2) is 0 Å². The number of rotatable bonds is 9. The number of methoxy groups -OCH3 is 1. The van der Waals surface area contributed by atoms with E-state index < -0.39 is 5.38 Å². The van der Waals surface area contributed by atoms with Crippen molar-refractivity contribution in [1.82, 2.24) is 5.32 Å². The first-order valence-electron chi connectivity index (χ1n) is 13.0. The highest BCUT2D eigenvalue weighted by molar-refractivity contribution is 6.32. The molecular weight excluding hydrogens is 500 g/mol. The Hall–Kier alpha value is -3.71. The highest BCUT2D eigenvalue weighted by Gasteiger charge is 2.25. The highest BCUT2D eigenvalue weighted by Crippen LogP contribution is 2.31. The summed E-state index contributed by atoms with van der Waals surface area (Å²) in [6.07, 6.45) is 0.820. The topological polar surface area (TPSA) is 73.9 Å². The number of hydrogen-bond acceptors (Lipinski definition) is 5. The average Bonchev–Trinajstić information content (AvgIpc) is 2.97. The first-order chi connectivity index (χ1) is 18.4. The van der Waals surface area contributed by atoms with E-state index in [1.54, 1.807) is 13.2 Å². The van der Waals surface area contributed by atoms with Crippen LogP contribution in [-0.4, -0.2) is 51.1 Å². The Morgan fingerprint density at radius 3 is 2.21 bits per heavy atom. The molecule has 38 heavy (non-hydrogen) atoms. The van der Waals surface area contributed by atoms with E-state index in [0.29, 0.717) is 16.8 Å². The summed E-state index contributed by atoms with van der Waals surface area (Å²) in [5, 5.41) is 5.12. The molecular formula is C30H35ClN4O3. The summed E-state index contributed by atoms with van der Waals surface area (Å²) >= 11 is 6.42. The lowest BCUT2D eigenvalue weighted by molar-refractivity contribution is -0.116. The Morgan fingerprint density at radius 1 is 0.921 bits per heavy atom. The van der Waals surface area contributed by atoms with Crippen LogP contribution >= 0.6 is 11.6 Å². The summed E-state index contributed by atoms with van der Waals surface area (Å²) in [5.74, 6) is 0.343. The van der Waals surface area contributed by atoms with Crippen molar-refractivity contribution in [2.75, 3.05) is 48.4 Å². The SMILES string of the molecule is CCC(C)NC(=O)c1cc(NC(=O)C(Cl)c2ccccc2)ccc1N1CCN(c2ccccc2OC)CC1. The maximum atomic E-state index is 13.3. The zero-order valence-corrected chi connectivity index (χ0v) is 22.9. The van der Waals surface area contributed by atoms with Gasteiger partial charge in [-0.1, -0.05) is 49.4 Å². The predicted octanol–water partition coefficient (Wildman–Crippen LogP) is 5.47. The smallest absolute Gasteiger partial charge is 0.253 e. The summed E-state index contributed by atoms with van der Waals surface area (Å²) in [5.41, 5.74) is 3.68. The summed E-state index contributed by atoms with van der Waals surface area (Å²) in [6.45, 7) is 7.07. The van der Waals surface area contributed by atoms with E-state index in [4.69, 9.17) is 16.3 Å². The molecule has 1 saturated heterocycles. The number of para-hydroxylation sites is 2. The number of nitrogens with one attached hydrogen (secondary N) is 2. The lowest BCUT2D eigenvalue weighted by Gasteiger charge is -2.38. The second-order valence-electron chi connectivity index (χ2n) is 9.42. The molecule has 2 N–H and O–H groups in total. The summed E-state index contributed by atoms with van der Waals surface area (Å²) < 4.78 is 5.55. The van der Waals surface area contributed by atoms with Crippen LogP contribution in [0.4, 0.5) is 17.1 Å². The molecule has 4 rings (SSSR count). The highest BCUT2D eigenvalue weighted by atomic mass is 35.5. The minimum atomic E-state index is -0.837. The lowest BCUT2D eigenvalue weighted by atomic mass is 10.1. The molecule has 0 aliphatic carbocycles. The molecule has 1 aliphatic heterocycles. The third-order valence-electron chi connectivity index (χ3n) is 6.87. The molecule has 2 unspecified atom stereocenters. The standard InChI is InChI=1S/C30H35ClN4O3/c1-4-21(2)32-29(36)24-20-23(33-30(37)28(31)22-10-6-5-7-11-22)14-15-25(24)34-16-18-35(19-17-34)26-12-8-9-13-27(26)38-3/h5-15,20-21,28H,4,16-19H2,1-3H3,(H,32,36)(H,33,37). The summed E-state index contributed by atoms with van der Waals surface area (Å²) in [7, 11) is 1.68. The van der Waals surface area contributed by atoms with Gasteiger partial charge in [-0.05, 0) is 49.2 Å². The van der Waals surface area contributed by atoms with E-state index >= 15 is 0 Å². The molecule has 0 spiro atoms. The van der Waals surface area contributed by atoms with Crippen LogP contribution in [0.15, 0.2) is 72.8 Å². The third-order valence-corrected chi connectivity index (χ3v) is 7.32. The lowest BCUT2D eigenvalue weighted by Crippen LogP contribution is -2.47. The summed E-state index contributed by atoms with van der Waals surface area (Å²) in [6, 6.07) is 22.7. The number of benzene rings is 3. The minimum Gasteiger partial charge on any atom is -0.495 e. The minimum absolute atomic E-state index is 0.0290. The summed E-state index contributed by atoms with van der Waals surface area (Å²) in [4.78, 5) is 30.7. The van der Waals surface area contributed by atoms with Gasteiger partial charge < -0.3 is 25.2 Å². The maximum absolute atomic E-state index is 13.3. The first-order valence-corrected chi connectivity index (χ1v) is 13.4. The van der Waals surface area contributed by atoms with E-state index in [1.807, 2.05) is 74.5 Å². The fourth-order valence-corrected chi connectivity index (χ4v) is 4.73. The monoisotopic (exact) mass is 534 g/mol. The van der Waals surface area contributed by atoms with Gasteiger partial charge in [0.1, 0.15) is 11.1 Å². The number of hydrogen-bond donors (Lipinski definition) is 2. The van der Waals surface area contributed by atoms with Gasteiger partial charge in [-0.2, -0.15) is 0 Å². The van der Waals surface area contributed by atoms with Gasteiger partial charge in [-0.3, -0.25) is 9.59 Å². The van der Waals surface area contributed by atoms with Gasteiger partial charge in [0.25, 0.3) is 5.91 Å². The van der Waals surface area contributed by atoms with Gasteiger partial charge in [0.2, 0.25) is 5.91 Å². The number of ether oxygens (including phenoxy) is 1. The molecule has 0 saturated carbocycles. The quantitative estimate of drug-likeness (QED) is 0.356. The second-order valence-corrected chi connectivity index (χ2v) is 9.86. The number of carbonyl (C=O) groups excluding carboxylic acids is 2. The van der Waals surface area contributed by atoms with Crippen molar-refractivity contribution in [3.63, 3.8) is 0 Å². The number of alkyl halides is 1. The van der Waals surface area contributed by atoms with Gasteiger partial charge in [0, 0.05) is 43.6 Å². The number of nitrogens with zero attached hydrogens (tertiary/aromatic N) is 2. The second kappa shape index (κ2) is 12.7. The van der Waals surface area contributed by atoms with E-state index in [9.17, 15) is 9.59 Å². The van der Waals surface area contributed by atoms with E-state index in [1.165, 1.54) is 0 Å². The molecule has 7 nitrogen and oxygen atoms in total. The van der Waals surface area contributed by atoms with Crippen molar-refractivity contribution in [2.45, 2.75) is 31.7 Å². The zero-order chi connectivity index (χ0) is 27.1. The van der Waals surface area contributed by atoms with Gasteiger partial charge in [0.05, 0.1) is 18.4 Å². The zero-order valence-electron chi connectivity index (χ0n) is 22.1. The Kier molecular flexibility index (Phi) is 9.13. The Morgan fingerprint density at radius 2 is 1.55 bits per heavy atom. The van der Waals surface area contributed by atoms with Crippen LogP contribution in [0.25, 0.3) is 0 Å². The fraction of sp³-hybridized carbons (Fsp3) is 0.333. The third kappa shape index (κ3) is 6.40. The van der Waals surface area contributed by atoms with E-state index in [2.05, 4.69) is 26.5 Å². The molecule has 1 aliphatic rings. The molecule has 2 amide bonds. The number of carbonyl (C=O) groups is 2. The van der Waals surface area contributed by atoms with Crippen molar-refractivity contribution in [3.8, 4) is 5.75 Å². The molecule has 0 bridgehead atoms. The van der Waals surface area contributed by atoms with E-state index in [0.717, 1.165) is 49.7 Å². The first kappa shape index (κ1) is 27.3. The van der Waals surface area contributed by atoms with Gasteiger partial charge in [-0.15, -0.1) is 11.6 Å². The molecule has 3 aromatic carbocycles. The van der Waals surface area contributed by atoms with E-state index in [-0.39, 0.29) is 17.9 Å². The number of piperazine rings is 1. The van der Waals surface area contributed by atoms with Crippen molar-refractivity contribution < 1.29 is 14.3 Å². The predicted molar refractivity (Wildman–Crippen MR) is 155 cm³/mol. The normalized spacial score (nSPS) is 14.9. The molecule has 0 aromatic heterocycles. The fourth-order valence-electron chi connectivity index (χ4n) is 4.53. The van der Waals surface area contributed by atoms with Gasteiger partial charge >= 0.3 is 0 Å². The Bertz CT molecular complexity index is 1250. The van der Waals surface area contributed by atoms with Crippen LogP contribution in [0.1, 0.15) is 41.6 Å². The molecule has 8 heteroatoms. The van der Waals surface area contributed by atoms with Gasteiger partial charge in [-0.25, -0.2) is 0 Å². The van der Waals surface area contributed by atoms with Crippen molar-refractivity contribution >= 4 is 40.5 Å². The largest absolute Gasteiger partial charge is 0.495 e. The van der Waals surface area contributed by atoms with Crippen LogP contribution < -0.4 is 25.2 Å². The molecule has 200 valence electrons. The molecule has 2 atom stereocenters. The van der Waals surface area contributed by atoms with Crippen molar-refractivity contribution in [3.05, 3.63) is 83.9 Å². The van der Waals surface area contributed by atoms with Crippen molar-refractivity contribution in [1.29, 1.82) is 0 Å². The van der Waals surface area contributed by atoms with Crippen LogP contribution in [0.5, 0.6) is 5.75 Å². The Labute approximate surface area is 229 Å². The van der Waals surface area contributed by atoms with Crippen LogP contribution in [0, 0.1) is 0 Å². The van der Waals surface area contributed by atoms with Crippen LogP contribution in [-0.2, 0) is 4.79 Å². The van der Waals surface area contributed by atoms with Crippen molar-refractivity contribution in [2.24, 2.45) is 0 Å².